The van der Waals surface area contributed by atoms with Crippen LogP contribution < -0.4 is 5.56 Å². The largest absolute Gasteiger partial charge is 0.380 e. The zero-order valence-electron chi connectivity index (χ0n) is 18.1. The van der Waals surface area contributed by atoms with E-state index in [0.717, 1.165) is 46.4 Å². The lowest BCUT2D eigenvalue weighted by molar-refractivity contribution is 0.113. The summed E-state index contributed by atoms with van der Waals surface area (Å²) in [5, 5.41) is 17.2. The van der Waals surface area contributed by atoms with Crippen LogP contribution in [0.25, 0.3) is 15.8 Å². The van der Waals surface area contributed by atoms with Crippen molar-refractivity contribution in [3.8, 4) is 0 Å². The molecule has 2 heterocycles. The van der Waals surface area contributed by atoms with Crippen LogP contribution in [0.4, 0.5) is 0 Å². The molecule has 0 aliphatic heterocycles. The fourth-order valence-corrected chi connectivity index (χ4v) is 6.24. The number of hydrogen-bond acceptors (Lipinski definition) is 5. The van der Waals surface area contributed by atoms with Gasteiger partial charge in [-0.3, -0.25) is 4.79 Å². The Labute approximate surface area is 195 Å². The number of allylic oxidation sites excluding steroid dienone is 1. The van der Waals surface area contributed by atoms with Crippen LogP contribution in [0.2, 0.25) is 0 Å². The van der Waals surface area contributed by atoms with Gasteiger partial charge in [0.05, 0.1) is 11.1 Å². The molecule has 0 amide bonds. The van der Waals surface area contributed by atoms with Crippen molar-refractivity contribution < 1.29 is 5.11 Å². The van der Waals surface area contributed by atoms with E-state index in [1.165, 1.54) is 22.3 Å². The van der Waals surface area contributed by atoms with E-state index in [1.807, 2.05) is 66.7 Å². The van der Waals surface area contributed by atoms with Gasteiger partial charge in [-0.25, -0.2) is 4.98 Å². The van der Waals surface area contributed by atoms with E-state index < -0.39 is 5.60 Å². The van der Waals surface area contributed by atoms with Crippen LogP contribution in [0.3, 0.4) is 0 Å². The van der Waals surface area contributed by atoms with Gasteiger partial charge in [0.15, 0.2) is 0 Å². The second-order valence-electron chi connectivity index (χ2n) is 8.70. The highest BCUT2D eigenvalue weighted by Gasteiger charge is 2.40. The summed E-state index contributed by atoms with van der Waals surface area (Å²) in [6.45, 7) is 0. The van der Waals surface area contributed by atoms with Gasteiger partial charge in [-0.1, -0.05) is 60.7 Å². The first-order valence-electron chi connectivity index (χ1n) is 11.3. The van der Waals surface area contributed by atoms with Gasteiger partial charge in [0, 0.05) is 11.3 Å². The monoisotopic (exact) mass is 453 g/mol. The van der Waals surface area contributed by atoms with Gasteiger partial charge in [0.25, 0.3) is 5.56 Å². The topological polar surface area (TPSA) is 67.5 Å². The fourth-order valence-electron chi connectivity index (χ4n) is 5.02. The highest BCUT2D eigenvalue weighted by atomic mass is 32.1. The molecule has 2 aliphatic carbocycles. The summed E-state index contributed by atoms with van der Waals surface area (Å²) in [5.41, 5.74) is 2.97. The molecule has 5 nitrogen and oxygen atoms in total. The van der Waals surface area contributed by atoms with E-state index in [1.54, 1.807) is 11.3 Å². The van der Waals surface area contributed by atoms with Crippen molar-refractivity contribution in [1.29, 1.82) is 0 Å². The SMILES string of the molecule is O=c1c2c3c(sc2ncn1/N=C1\C=C(c2ccccc2)[C@@](O)(c2ccccc2)C1)CCCC3. The summed E-state index contributed by atoms with van der Waals surface area (Å²) in [4.78, 5) is 20.0. The molecule has 1 atom stereocenters. The van der Waals surface area contributed by atoms with Crippen molar-refractivity contribution in [3.63, 3.8) is 0 Å². The van der Waals surface area contributed by atoms with Crippen LogP contribution in [-0.4, -0.2) is 20.5 Å². The van der Waals surface area contributed by atoms with Crippen molar-refractivity contribution in [2.45, 2.75) is 37.7 Å². The van der Waals surface area contributed by atoms with Gasteiger partial charge in [-0.2, -0.15) is 9.78 Å². The van der Waals surface area contributed by atoms with E-state index in [2.05, 4.69) is 10.1 Å². The Kier molecular flexibility index (Phi) is 4.85. The Hall–Kier alpha value is -3.35. The molecule has 0 saturated carbocycles. The zero-order chi connectivity index (χ0) is 22.4. The Balaban J connectivity index is 1.48. The third-order valence-electron chi connectivity index (χ3n) is 6.62. The third kappa shape index (κ3) is 3.37. The normalized spacial score (nSPS) is 21.4. The van der Waals surface area contributed by atoms with Crippen molar-refractivity contribution in [3.05, 3.63) is 105 Å². The van der Waals surface area contributed by atoms with Gasteiger partial charge in [0.1, 0.15) is 16.8 Å². The maximum atomic E-state index is 13.4. The molecule has 33 heavy (non-hydrogen) atoms. The molecule has 6 rings (SSSR count). The van der Waals surface area contributed by atoms with Gasteiger partial charge in [-0.15, -0.1) is 11.3 Å². The van der Waals surface area contributed by atoms with Crippen molar-refractivity contribution in [1.82, 2.24) is 9.66 Å². The second-order valence-corrected chi connectivity index (χ2v) is 9.79. The molecule has 0 saturated heterocycles. The van der Waals surface area contributed by atoms with Gasteiger partial charge >= 0.3 is 0 Å². The Bertz CT molecular complexity index is 1470. The van der Waals surface area contributed by atoms with Crippen LogP contribution >= 0.6 is 11.3 Å². The van der Waals surface area contributed by atoms with Crippen LogP contribution in [0.1, 0.15) is 40.8 Å². The lowest BCUT2D eigenvalue weighted by Crippen LogP contribution is -2.26. The van der Waals surface area contributed by atoms with Crippen LogP contribution in [0.5, 0.6) is 0 Å². The number of aryl methyl sites for hydroxylation is 2. The van der Waals surface area contributed by atoms with Crippen molar-refractivity contribution in [2.75, 3.05) is 0 Å². The van der Waals surface area contributed by atoms with Crippen molar-refractivity contribution in [2.24, 2.45) is 5.10 Å². The first kappa shape index (κ1) is 20.3. The summed E-state index contributed by atoms with van der Waals surface area (Å²) < 4.78 is 1.34. The molecule has 1 N–H and O–H groups in total. The average Bonchev–Trinajstić information content (AvgIpc) is 3.40. The smallest absolute Gasteiger partial charge is 0.282 e. The number of thiophene rings is 1. The van der Waals surface area contributed by atoms with Gasteiger partial charge in [0.2, 0.25) is 0 Å². The highest BCUT2D eigenvalue weighted by molar-refractivity contribution is 7.18. The minimum absolute atomic E-state index is 0.128. The Morgan fingerprint density at radius 3 is 2.52 bits per heavy atom. The highest BCUT2D eigenvalue weighted by Crippen LogP contribution is 2.44. The molecule has 0 fully saturated rings. The van der Waals surface area contributed by atoms with Gasteiger partial charge < -0.3 is 5.11 Å². The standard InChI is InChI=1S/C27H23N3O2S/c31-26-24-21-13-7-8-14-23(21)33-25(24)28-17-30(26)29-20-15-22(18-9-3-1-4-10-18)27(32,16-20)19-11-5-2-6-12-19/h1-6,9-12,15,17,32H,7-8,13-14,16H2/b29-20+/t27-/m0/s1. The van der Waals surface area contributed by atoms with Crippen LogP contribution in [0, 0.1) is 0 Å². The van der Waals surface area contributed by atoms with E-state index in [9.17, 15) is 9.90 Å². The second kappa shape index (κ2) is 7.90. The van der Waals surface area contributed by atoms with Crippen LogP contribution in [-0.2, 0) is 18.4 Å². The first-order chi connectivity index (χ1) is 16.1. The number of nitrogens with zero attached hydrogens (tertiary/aromatic N) is 3. The molecule has 2 aromatic heterocycles. The molecular weight excluding hydrogens is 430 g/mol. The Morgan fingerprint density at radius 1 is 1.00 bits per heavy atom. The van der Waals surface area contributed by atoms with Crippen molar-refractivity contribution >= 4 is 32.8 Å². The van der Waals surface area contributed by atoms with E-state index >= 15 is 0 Å². The van der Waals surface area contributed by atoms with Gasteiger partial charge in [-0.05, 0) is 54.0 Å². The molecule has 4 aromatic rings. The first-order valence-corrected chi connectivity index (χ1v) is 12.1. The summed E-state index contributed by atoms with van der Waals surface area (Å²) in [6, 6.07) is 19.5. The summed E-state index contributed by atoms with van der Waals surface area (Å²) in [7, 11) is 0. The predicted molar refractivity (Wildman–Crippen MR) is 133 cm³/mol. The lowest BCUT2D eigenvalue weighted by atomic mass is 9.84. The van der Waals surface area contributed by atoms with E-state index in [4.69, 9.17) is 0 Å². The molecule has 0 bridgehead atoms. The van der Waals surface area contributed by atoms with E-state index in [0.29, 0.717) is 11.1 Å². The molecule has 2 aliphatic rings. The number of aliphatic hydroxyl groups is 1. The predicted octanol–water partition coefficient (Wildman–Crippen LogP) is 4.92. The molecule has 2 aromatic carbocycles. The minimum atomic E-state index is -1.22. The Morgan fingerprint density at radius 2 is 1.73 bits per heavy atom. The maximum Gasteiger partial charge on any atom is 0.282 e. The molecule has 0 radical (unpaired) electrons. The third-order valence-corrected chi connectivity index (χ3v) is 7.82. The quantitative estimate of drug-likeness (QED) is 0.479. The molecule has 164 valence electrons. The summed E-state index contributed by atoms with van der Waals surface area (Å²) >= 11 is 1.64. The summed E-state index contributed by atoms with van der Waals surface area (Å²) in [6.07, 6.45) is 7.93. The number of aromatic nitrogens is 2. The number of rotatable bonds is 3. The van der Waals surface area contributed by atoms with Crippen LogP contribution in [0.15, 0.2) is 83.0 Å². The molecule has 6 heteroatoms. The fraction of sp³-hybridized carbons (Fsp3) is 0.222. The minimum Gasteiger partial charge on any atom is -0.380 e. The lowest BCUT2D eigenvalue weighted by Gasteiger charge is -2.27. The maximum absolute atomic E-state index is 13.4. The molecule has 0 unspecified atom stereocenters. The number of hydrogen-bond donors (Lipinski definition) is 1. The molecular formula is C27H23N3O2S. The number of fused-ring (bicyclic) bond motifs is 3. The number of benzene rings is 2. The summed E-state index contributed by atoms with van der Waals surface area (Å²) in [5.74, 6) is 0. The zero-order valence-corrected chi connectivity index (χ0v) is 18.9. The van der Waals surface area contributed by atoms with E-state index in [-0.39, 0.29) is 12.0 Å². The molecule has 0 spiro atoms. The average molecular weight is 454 g/mol.